The van der Waals surface area contributed by atoms with Crippen molar-refractivity contribution in [2.45, 2.75) is 63.5 Å². The molecule has 5 heteroatoms. The lowest BCUT2D eigenvalue weighted by Gasteiger charge is -2.39. The summed E-state index contributed by atoms with van der Waals surface area (Å²) in [7, 11) is 2.11. The van der Waals surface area contributed by atoms with E-state index in [-0.39, 0.29) is 17.9 Å². The van der Waals surface area contributed by atoms with E-state index in [4.69, 9.17) is 0 Å². The molecule has 2 fully saturated rings. The highest BCUT2D eigenvalue weighted by atomic mass is 16.2. The Morgan fingerprint density at radius 1 is 1.00 bits per heavy atom. The standard InChI is InChI=1S/C22H33N3O2/c1-24-15-16-25(17-20(24)18-9-5-4-6-10-18)22(27)14-13-21(26)23-19-11-7-2-3-8-12-19/h4-6,9-10,19-20H,2-3,7-8,11-17H2,1H3,(H,23,26)/t20-/m0/s1. The number of hydrogen-bond donors (Lipinski definition) is 1. The second-order valence-corrected chi connectivity index (χ2v) is 8.00. The largest absolute Gasteiger partial charge is 0.353 e. The van der Waals surface area contributed by atoms with Crippen LogP contribution in [0.3, 0.4) is 0 Å². The van der Waals surface area contributed by atoms with Crippen LogP contribution in [0.25, 0.3) is 0 Å². The molecule has 0 spiro atoms. The maximum absolute atomic E-state index is 12.7. The molecule has 0 unspecified atom stereocenters. The van der Waals surface area contributed by atoms with E-state index in [1.807, 2.05) is 23.1 Å². The quantitative estimate of drug-likeness (QED) is 0.809. The number of amides is 2. The molecule has 1 heterocycles. The fourth-order valence-electron chi connectivity index (χ4n) is 4.24. The molecule has 1 aliphatic heterocycles. The van der Waals surface area contributed by atoms with Crippen LogP contribution in [0.5, 0.6) is 0 Å². The number of carbonyl (C=O) groups excluding carboxylic acids is 2. The van der Waals surface area contributed by atoms with Gasteiger partial charge < -0.3 is 10.2 Å². The van der Waals surface area contributed by atoms with Crippen molar-refractivity contribution in [2.24, 2.45) is 0 Å². The Balaban J connectivity index is 1.46. The van der Waals surface area contributed by atoms with Crippen LogP contribution < -0.4 is 5.32 Å². The molecule has 2 aliphatic rings. The van der Waals surface area contributed by atoms with E-state index in [0.29, 0.717) is 25.4 Å². The fraction of sp³-hybridized carbons (Fsp3) is 0.636. The van der Waals surface area contributed by atoms with Crippen LogP contribution >= 0.6 is 0 Å². The van der Waals surface area contributed by atoms with Gasteiger partial charge in [0.15, 0.2) is 0 Å². The molecular weight excluding hydrogens is 338 g/mol. The third kappa shape index (κ3) is 5.80. The van der Waals surface area contributed by atoms with Crippen LogP contribution in [0.1, 0.15) is 63.0 Å². The van der Waals surface area contributed by atoms with Gasteiger partial charge in [-0.25, -0.2) is 0 Å². The summed E-state index contributed by atoms with van der Waals surface area (Å²) in [5.41, 5.74) is 1.24. The minimum Gasteiger partial charge on any atom is -0.353 e. The van der Waals surface area contributed by atoms with Gasteiger partial charge in [0.05, 0.1) is 6.04 Å². The van der Waals surface area contributed by atoms with Gasteiger partial charge in [-0.2, -0.15) is 0 Å². The molecule has 1 aromatic rings. The molecule has 1 saturated heterocycles. The van der Waals surface area contributed by atoms with Gasteiger partial charge in [-0.1, -0.05) is 56.0 Å². The molecule has 0 aromatic heterocycles. The highest BCUT2D eigenvalue weighted by Gasteiger charge is 2.28. The number of nitrogens with one attached hydrogen (secondary N) is 1. The summed E-state index contributed by atoms with van der Waals surface area (Å²) in [5.74, 6) is 0.129. The highest BCUT2D eigenvalue weighted by Crippen LogP contribution is 2.24. The summed E-state index contributed by atoms with van der Waals surface area (Å²) in [4.78, 5) is 29.1. The number of hydrogen-bond acceptors (Lipinski definition) is 3. The average Bonchev–Trinajstić information content (AvgIpc) is 2.96. The van der Waals surface area contributed by atoms with Gasteiger partial charge in [0.2, 0.25) is 11.8 Å². The lowest BCUT2D eigenvalue weighted by atomic mass is 10.0. The summed E-state index contributed by atoms with van der Waals surface area (Å²) in [5, 5.41) is 3.14. The fourth-order valence-corrected chi connectivity index (χ4v) is 4.24. The van der Waals surface area contributed by atoms with Crippen molar-refractivity contribution in [3.63, 3.8) is 0 Å². The zero-order chi connectivity index (χ0) is 19.1. The van der Waals surface area contributed by atoms with Crippen LogP contribution in [0.15, 0.2) is 30.3 Å². The van der Waals surface area contributed by atoms with Crippen molar-refractivity contribution >= 4 is 11.8 Å². The zero-order valence-corrected chi connectivity index (χ0v) is 16.5. The number of piperazine rings is 1. The van der Waals surface area contributed by atoms with E-state index in [0.717, 1.165) is 25.9 Å². The number of likely N-dealkylation sites (N-methyl/N-ethyl adjacent to an activating group) is 1. The maximum Gasteiger partial charge on any atom is 0.223 e. The van der Waals surface area contributed by atoms with Crippen LogP contribution in [-0.4, -0.2) is 54.3 Å². The second-order valence-electron chi connectivity index (χ2n) is 8.00. The van der Waals surface area contributed by atoms with E-state index >= 15 is 0 Å². The van der Waals surface area contributed by atoms with Crippen molar-refractivity contribution in [1.29, 1.82) is 0 Å². The van der Waals surface area contributed by atoms with Gasteiger partial charge in [0.1, 0.15) is 0 Å². The van der Waals surface area contributed by atoms with E-state index in [1.165, 1.54) is 31.2 Å². The third-order valence-corrected chi connectivity index (χ3v) is 5.97. The first kappa shape index (κ1) is 19.9. The van der Waals surface area contributed by atoms with Gasteiger partial charge in [-0.15, -0.1) is 0 Å². The van der Waals surface area contributed by atoms with E-state index < -0.39 is 0 Å². The molecule has 1 N–H and O–H groups in total. The number of benzene rings is 1. The number of rotatable bonds is 5. The third-order valence-electron chi connectivity index (χ3n) is 5.97. The topological polar surface area (TPSA) is 52.7 Å². The zero-order valence-electron chi connectivity index (χ0n) is 16.5. The van der Waals surface area contributed by atoms with Crippen molar-refractivity contribution in [1.82, 2.24) is 15.1 Å². The van der Waals surface area contributed by atoms with Gasteiger partial charge in [-0.05, 0) is 25.5 Å². The molecular formula is C22H33N3O2. The summed E-state index contributed by atoms with van der Waals surface area (Å²) in [6.45, 7) is 2.30. The molecule has 148 valence electrons. The molecule has 1 aliphatic carbocycles. The Hall–Kier alpha value is -1.88. The van der Waals surface area contributed by atoms with E-state index in [9.17, 15) is 9.59 Å². The molecule has 1 saturated carbocycles. The van der Waals surface area contributed by atoms with Gasteiger partial charge in [0.25, 0.3) is 0 Å². The highest BCUT2D eigenvalue weighted by molar-refractivity contribution is 5.84. The summed E-state index contributed by atoms with van der Waals surface area (Å²) in [6.07, 6.45) is 7.72. The Labute approximate surface area is 163 Å². The Morgan fingerprint density at radius 3 is 2.41 bits per heavy atom. The van der Waals surface area contributed by atoms with Crippen molar-refractivity contribution < 1.29 is 9.59 Å². The normalized spacial score (nSPS) is 22.3. The molecule has 1 aromatic carbocycles. The van der Waals surface area contributed by atoms with Crippen LogP contribution in [0, 0.1) is 0 Å². The smallest absolute Gasteiger partial charge is 0.223 e. The van der Waals surface area contributed by atoms with Crippen molar-refractivity contribution in [3.05, 3.63) is 35.9 Å². The molecule has 1 atom stereocenters. The SMILES string of the molecule is CN1CCN(C(=O)CCC(=O)NC2CCCCCC2)C[C@H]1c1ccccc1. The molecule has 2 amide bonds. The van der Waals surface area contributed by atoms with Gasteiger partial charge in [-0.3, -0.25) is 14.5 Å². The predicted molar refractivity (Wildman–Crippen MR) is 107 cm³/mol. The van der Waals surface area contributed by atoms with Gasteiger partial charge >= 0.3 is 0 Å². The first-order valence-electron chi connectivity index (χ1n) is 10.5. The molecule has 3 rings (SSSR count). The maximum atomic E-state index is 12.7. The lowest BCUT2D eigenvalue weighted by molar-refractivity contribution is -0.136. The van der Waals surface area contributed by atoms with E-state index in [2.05, 4.69) is 29.4 Å². The van der Waals surface area contributed by atoms with Gasteiger partial charge in [0, 0.05) is 38.5 Å². The predicted octanol–water partition coefficient (Wildman–Crippen LogP) is 3.12. The van der Waals surface area contributed by atoms with E-state index in [1.54, 1.807) is 0 Å². The minimum absolute atomic E-state index is 0.0315. The summed E-state index contributed by atoms with van der Waals surface area (Å²) in [6, 6.07) is 10.9. The van der Waals surface area contributed by atoms with Crippen LogP contribution in [0.2, 0.25) is 0 Å². The monoisotopic (exact) mass is 371 g/mol. The molecule has 27 heavy (non-hydrogen) atoms. The first-order valence-corrected chi connectivity index (χ1v) is 10.5. The van der Waals surface area contributed by atoms with Crippen molar-refractivity contribution in [3.8, 4) is 0 Å². The van der Waals surface area contributed by atoms with Crippen molar-refractivity contribution in [2.75, 3.05) is 26.7 Å². The average molecular weight is 372 g/mol. The first-order chi connectivity index (χ1) is 13.1. The second kappa shape index (κ2) is 9.88. The summed E-state index contributed by atoms with van der Waals surface area (Å²) >= 11 is 0. The molecule has 0 bridgehead atoms. The molecule has 0 radical (unpaired) electrons. The Morgan fingerprint density at radius 2 is 1.70 bits per heavy atom. The number of nitrogens with zero attached hydrogens (tertiary/aromatic N) is 2. The lowest BCUT2D eigenvalue weighted by Crippen LogP contribution is -2.49. The van der Waals surface area contributed by atoms with Crippen LogP contribution in [0.4, 0.5) is 0 Å². The Bertz CT molecular complexity index is 611. The Kier molecular flexibility index (Phi) is 7.27. The molecule has 5 nitrogen and oxygen atoms in total. The summed E-state index contributed by atoms with van der Waals surface area (Å²) < 4.78 is 0. The number of carbonyl (C=O) groups is 2. The van der Waals surface area contributed by atoms with Crippen LogP contribution in [-0.2, 0) is 9.59 Å². The minimum atomic E-state index is 0.0315.